The van der Waals surface area contributed by atoms with Crippen LogP contribution < -0.4 is 10.1 Å². The summed E-state index contributed by atoms with van der Waals surface area (Å²) in [5.41, 5.74) is 0. The molecule has 0 aliphatic carbocycles. The lowest BCUT2D eigenvalue weighted by Crippen LogP contribution is -2.23. The minimum Gasteiger partial charge on any atom is -0.492 e. The molecule has 0 spiro atoms. The van der Waals surface area contributed by atoms with E-state index >= 15 is 0 Å². The highest BCUT2D eigenvalue weighted by Crippen LogP contribution is 2.16. The van der Waals surface area contributed by atoms with Crippen molar-refractivity contribution in [3.05, 3.63) is 51.7 Å². The SMILES string of the molecule is Clc1cccc(OCCNCCc2cccs2)c1. The Kier molecular flexibility index (Phi) is 5.52. The van der Waals surface area contributed by atoms with Gasteiger partial charge in [-0.15, -0.1) is 11.3 Å². The molecule has 0 fully saturated rings. The number of ether oxygens (including phenoxy) is 1. The van der Waals surface area contributed by atoms with Gasteiger partial charge in [-0.1, -0.05) is 23.7 Å². The highest BCUT2D eigenvalue weighted by atomic mass is 35.5. The molecule has 0 amide bonds. The molecule has 0 saturated carbocycles. The van der Waals surface area contributed by atoms with Crippen LogP contribution in [0.25, 0.3) is 0 Å². The fourth-order valence-corrected chi connectivity index (χ4v) is 2.48. The first-order valence-corrected chi connectivity index (χ1v) is 7.22. The summed E-state index contributed by atoms with van der Waals surface area (Å²) in [7, 11) is 0. The van der Waals surface area contributed by atoms with Gasteiger partial charge in [-0.3, -0.25) is 0 Å². The largest absolute Gasteiger partial charge is 0.492 e. The van der Waals surface area contributed by atoms with Crippen molar-refractivity contribution < 1.29 is 4.74 Å². The van der Waals surface area contributed by atoms with E-state index in [0.717, 1.165) is 25.3 Å². The molecule has 0 bridgehead atoms. The second kappa shape index (κ2) is 7.41. The van der Waals surface area contributed by atoms with Crippen LogP contribution in [0.1, 0.15) is 4.88 Å². The minimum absolute atomic E-state index is 0.658. The van der Waals surface area contributed by atoms with E-state index in [2.05, 4.69) is 22.8 Å². The van der Waals surface area contributed by atoms with Gasteiger partial charge in [-0.2, -0.15) is 0 Å². The summed E-state index contributed by atoms with van der Waals surface area (Å²) in [6, 6.07) is 11.7. The number of hydrogen-bond acceptors (Lipinski definition) is 3. The molecule has 0 aliphatic rings. The van der Waals surface area contributed by atoms with Crippen molar-refractivity contribution >= 4 is 22.9 Å². The minimum atomic E-state index is 0.658. The molecule has 1 aromatic heterocycles. The normalized spacial score (nSPS) is 10.5. The molecular weight excluding hydrogens is 266 g/mol. The first kappa shape index (κ1) is 13.4. The zero-order valence-corrected chi connectivity index (χ0v) is 11.6. The van der Waals surface area contributed by atoms with Crippen molar-refractivity contribution in [2.24, 2.45) is 0 Å². The summed E-state index contributed by atoms with van der Waals surface area (Å²) in [4.78, 5) is 1.42. The van der Waals surface area contributed by atoms with Gasteiger partial charge in [0.1, 0.15) is 12.4 Å². The number of nitrogens with one attached hydrogen (secondary N) is 1. The fourth-order valence-electron chi connectivity index (χ4n) is 1.59. The predicted molar refractivity (Wildman–Crippen MR) is 77.8 cm³/mol. The van der Waals surface area contributed by atoms with Crippen molar-refractivity contribution in [1.29, 1.82) is 0 Å². The summed E-state index contributed by atoms with van der Waals surface area (Å²) < 4.78 is 5.58. The van der Waals surface area contributed by atoms with Crippen LogP contribution >= 0.6 is 22.9 Å². The topological polar surface area (TPSA) is 21.3 Å². The Bertz CT molecular complexity index is 459. The molecule has 0 saturated heterocycles. The van der Waals surface area contributed by atoms with Crippen LogP contribution in [0.15, 0.2) is 41.8 Å². The molecule has 0 atom stereocenters. The molecule has 4 heteroatoms. The van der Waals surface area contributed by atoms with Gasteiger partial charge in [-0.25, -0.2) is 0 Å². The van der Waals surface area contributed by atoms with Gasteiger partial charge in [0.25, 0.3) is 0 Å². The van der Waals surface area contributed by atoms with Crippen LogP contribution in [0.2, 0.25) is 5.02 Å². The predicted octanol–water partition coefficient (Wildman–Crippen LogP) is 3.61. The van der Waals surface area contributed by atoms with Crippen molar-refractivity contribution in [3.8, 4) is 5.75 Å². The van der Waals surface area contributed by atoms with Crippen LogP contribution in [0.4, 0.5) is 0 Å². The maximum atomic E-state index is 5.87. The Labute approximate surface area is 117 Å². The second-order valence-corrected chi connectivity index (χ2v) is 5.35. The third kappa shape index (κ3) is 4.69. The van der Waals surface area contributed by atoms with Gasteiger partial charge in [0.05, 0.1) is 0 Å². The van der Waals surface area contributed by atoms with Gasteiger partial charge in [0.15, 0.2) is 0 Å². The van der Waals surface area contributed by atoms with Crippen LogP contribution in [0, 0.1) is 0 Å². The molecule has 2 nitrogen and oxygen atoms in total. The van der Waals surface area contributed by atoms with Gasteiger partial charge in [-0.05, 0) is 36.1 Å². The zero-order valence-electron chi connectivity index (χ0n) is 10.1. The number of hydrogen-bond donors (Lipinski definition) is 1. The Morgan fingerprint density at radius 3 is 2.89 bits per heavy atom. The lowest BCUT2D eigenvalue weighted by Gasteiger charge is -2.07. The molecule has 18 heavy (non-hydrogen) atoms. The van der Waals surface area contributed by atoms with E-state index in [1.807, 2.05) is 24.3 Å². The average molecular weight is 282 g/mol. The summed E-state index contributed by atoms with van der Waals surface area (Å²) in [6.45, 7) is 2.49. The van der Waals surface area contributed by atoms with Gasteiger partial charge >= 0.3 is 0 Å². The van der Waals surface area contributed by atoms with E-state index < -0.39 is 0 Å². The Hall–Kier alpha value is -1.03. The van der Waals surface area contributed by atoms with Crippen LogP contribution in [0.5, 0.6) is 5.75 Å². The maximum Gasteiger partial charge on any atom is 0.120 e. The van der Waals surface area contributed by atoms with Gasteiger partial charge in [0, 0.05) is 23.0 Å². The smallest absolute Gasteiger partial charge is 0.120 e. The third-order valence-corrected chi connectivity index (χ3v) is 3.64. The highest BCUT2D eigenvalue weighted by molar-refractivity contribution is 7.09. The molecule has 1 heterocycles. The van der Waals surface area contributed by atoms with E-state index in [1.54, 1.807) is 11.3 Å². The summed E-state index contributed by atoms with van der Waals surface area (Å²) in [5, 5.41) is 6.17. The van der Waals surface area contributed by atoms with Crippen LogP contribution in [0.3, 0.4) is 0 Å². The van der Waals surface area contributed by atoms with E-state index in [9.17, 15) is 0 Å². The fraction of sp³-hybridized carbons (Fsp3) is 0.286. The molecule has 0 unspecified atom stereocenters. The Morgan fingerprint density at radius 1 is 1.17 bits per heavy atom. The lowest BCUT2D eigenvalue weighted by molar-refractivity contribution is 0.314. The molecule has 0 aliphatic heterocycles. The van der Waals surface area contributed by atoms with E-state index in [0.29, 0.717) is 11.6 Å². The first-order valence-electron chi connectivity index (χ1n) is 5.96. The van der Waals surface area contributed by atoms with Crippen LogP contribution in [-0.4, -0.2) is 19.7 Å². The standard InChI is InChI=1S/C14H16ClNOS/c15-12-3-1-4-13(11-12)17-9-8-16-7-6-14-5-2-10-18-14/h1-5,10-11,16H,6-9H2. The molecular formula is C14H16ClNOS. The summed E-state index contributed by atoms with van der Waals surface area (Å²) >= 11 is 7.67. The maximum absolute atomic E-state index is 5.87. The summed E-state index contributed by atoms with van der Waals surface area (Å²) in [5.74, 6) is 0.822. The number of benzene rings is 1. The second-order valence-electron chi connectivity index (χ2n) is 3.89. The monoisotopic (exact) mass is 281 g/mol. The Morgan fingerprint density at radius 2 is 2.11 bits per heavy atom. The third-order valence-electron chi connectivity index (χ3n) is 2.47. The lowest BCUT2D eigenvalue weighted by atomic mass is 10.3. The number of halogens is 1. The first-order chi connectivity index (χ1) is 8.84. The summed E-state index contributed by atoms with van der Waals surface area (Å²) in [6.07, 6.45) is 1.08. The van der Waals surface area contributed by atoms with E-state index in [-0.39, 0.29) is 0 Å². The number of rotatable bonds is 7. The highest BCUT2D eigenvalue weighted by Gasteiger charge is 1.96. The molecule has 96 valence electrons. The molecule has 0 radical (unpaired) electrons. The van der Waals surface area contributed by atoms with E-state index in [1.165, 1.54) is 4.88 Å². The van der Waals surface area contributed by atoms with E-state index in [4.69, 9.17) is 16.3 Å². The van der Waals surface area contributed by atoms with Crippen molar-refractivity contribution in [1.82, 2.24) is 5.32 Å². The number of thiophene rings is 1. The van der Waals surface area contributed by atoms with Crippen molar-refractivity contribution in [2.45, 2.75) is 6.42 Å². The quantitative estimate of drug-likeness (QED) is 0.783. The Balaban J connectivity index is 1.56. The van der Waals surface area contributed by atoms with Crippen molar-refractivity contribution in [2.75, 3.05) is 19.7 Å². The average Bonchev–Trinajstić information content (AvgIpc) is 2.87. The zero-order chi connectivity index (χ0) is 12.6. The van der Waals surface area contributed by atoms with Crippen LogP contribution in [-0.2, 0) is 6.42 Å². The molecule has 1 aromatic carbocycles. The molecule has 2 aromatic rings. The van der Waals surface area contributed by atoms with Crippen molar-refractivity contribution in [3.63, 3.8) is 0 Å². The van der Waals surface area contributed by atoms with Gasteiger partial charge < -0.3 is 10.1 Å². The molecule has 1 N–H and O–H groups in total. The molecule has 2 rings (SSSR count). The van der Waals surface area contributed by atoms with Gasteiger partial charge in [0.2, 0.25) is 0 Å².